The molecule has 0 saturated heterocycles. The average molecular weight is 296 g/mol. The van der Waals surface area contributed by atoms with Crippen LogP contribution < -0.4 is 5.73 Å². The third-order valence-corrected chi connectivity index (χ3v) is 4.22. The Morgan fingerprint density at radius 3 is 2.50 bits per heavy atom. The normalized spacial score (nSPS) is 11.8. The highest BCUT2D eigenvalue weighted by Gasteiger charge is 2.18. The zero-order valence-electron chi connectivity index (χ0n) is 12.5. The number of unbranched alkanes of at least 4 members (excludes halogenated alkanes) is 2. The van der Waals surface area contributed by atoms with Crippen molar-refractivity contribution in [2.45, 2.75) is 57.9 Å². The molecule has 6 heteroatoms. The second-order valence-electron chi connectivity index (χ2n) is 4.55. The lowest BCUT2D eigenvalue weighted by Crippen LogP contribution is -2.20. The number of aromatic nitrogens is 2. The van der Waals surface area contributed by atoms with Crippen LogP contribution in [0.4, 0.5) is 0 Å². The fraction of sp³-hybridized carbons (Fsp3) is 0.643. The summed E-state index contributed by atoms with van der Waals surface area (Å²) in [5.41, 5.74) is 8.56. The molecule has 1 aromatic rings. The van der Waals surface area contributed by atoms with E-state index in [0.717, 1.165) is 46.9 Å². The molecule has 0 radical (unpaired) electrons. The summed E-state index contributed by atoms with van der Waals surface area (Å²) < 4.78 is 0. The minimum Gasteiger partial charge on any atom is -0.409 e. The lowest BCUT2D eigenvalue weighted by molar-refractivity contribution is 0.318. The number of thioether (sulfide) groups is 1. The first-order chi connectivity index (χ1) is 9.69. The molecule has 112 valence electrons. The molecular weight excluding hydrogens is 272 g/mol. The van der Waals surface area contributed by atoms with Gasteiger partial charge in [0.15, 0.2) is 5.84 Å². The van der Waals surface area contributed by atoms with Crippen LogP contribution in [0, 0.1) is 0 Å². The van der Waals surface area contributed by atoms with Gasteiger partial charge >= 0.3 is 0 Å². The van der Waals surface area contributed by atoms with Crippen LogP contribution in [0.1, 0.15) is 56.9 Å². The van der Waals surface area contributed by atoms with Crippen LogP contribution in [0.25, 0.3) is 0 Å². The first kappa shape index (κ1) is 16.8. The van der Waals surface area contributed by atoms with Crippen molar-refractivity contribution in [1.82, 2.24) is 10.2 Å². The van der Waals surface area contributed by atoms with Crippen molar-refractivity contribution in [1.29, 1.82) is 0 Å². The second kappa shape index (κ2) is 8.79. The summed E-state index contributed by atoms with van der Waals surface area (Å²) in [6.45, 7) is 6.26. The molecule has 20 heavy (non-hydrogen) atoms. The van der Waals surface area contributed by atoms with E-state index in [2.05, 4.69) is 29.2 Å². The highest BCUT2D eigenvalue weighted by Crippen LogP contribution is 2.26. The van der Waals surface area contributed by atoms with Crippen LogP contribution >= 0.6 is 11.8 Å². The van der Waals surface area contributed by atoms with E-state index in [1.165, 1.54) is 12.8 Å². The Morgan fingerprint density at radius 1 is 1.20 bits per heavy atom. The summed E-state index contributed by atoms with van der Waals surface area (Å²) in [6.07, 6.45) is 5.12. The Balaban J connectivity index is 3.09. The van der Waals surface area contributed by atoms with Gasteiger partial charge in [0.25, 0.3) is 0 Å². The van der Waals surface area contributed by atoms with Gasteiger partial charge in [-0.2, -0.15) is 5.10 Å². The maximum atomic E-state index is 9.01. The van der Waals surface area contributed by atoms with Crippen molar-refractivity contribution < 1.29 is 5.21 Å². The quantitative estimate of drug-likeness (QED) is 0.192. The molecule has 5 nitrogen and oxygen atoms in total. The summed E-state index contributed by atoms with van der Waals surface area (Å²) in [5.74, 6) is 1.10. The van der Waals surface area contributed by atoms with Gasteiger partial charge in [-0.1, -0.05) is 38.8 Å². The molecular formula is C14H24N4OS. The van der Waals surface area contributed by atoms with Gasteiger partial charge in [0.1, 0.15) is 5.03 Å². The largest absolute Gasteiger partial charge is 0.409 e. The van der Waals surface area contributed by atoms with Crippen molar-refractivity contribution in [2.24, 2.45) is 10.9 Å². The molecule has 0 unspecified atom stereocenters. The lowest BCUT2D eigenvalue weighted by atomic mass is 10.0. The Morgan fingerprint density at radius 2 is 1.95 bits per heavy atom. The predicted octanol–water partition coefficient (Wildman–Crippen LogP) is 2.98. The highest BCUT2D eigenvalue weighted by atomic mass is 32.2. The Hall–Kier alpha value is -1.30. The van der Waals surface area contributed by atoms with Crippen molar-refractivity contribution in [3.63, 3.8) is 0 Å². The molecule has 0 aliphatic carbocycles. The van der Waals surface area contributed by atoms with Gasteiger partial charge in [0.2, 0.25) is 0 Å². The molecule has 1 heterocycles. The monoisotopic (exact) mass is 296 g/mol. The fourth-order valence-electron chi connectivity index (χ4n) is 2.09. The molecule has 0 bridgehead atoms. The number of rotatable bonds is 8. The molecule has 0 fully saturated rings. The van der Waals surface area contributed by atoms with Gasteiger partial charge < -0.3 is 10.9 Å². The van der Waals surface area contributed by atoms with E-state index in [1.54, 1.807) is 11.8 Å². The Labute approximate surface area is 125 Å². The number of nitrogens with zero attached hydrogens (tertiary/aromatic N) is 3. The van der Waals surface area contributed by atoms with E-state index in [1.807, 2.05) is 6.92 Å². The molecule has 3 N–H and O–H groups in total. The third-order valence-electron chi connectivity index (χ3n) is 3.16. The minimum absolute atomic E-state index is 0.129. The summed E-state index contributed by atoms with van der Waals surface area (Å²) >= 11 is 1.63. The minimum atomic E-state index is 0.129. The topological polar surface area (TPSA) is 84.4 Å². The summed E-state index contributed by atoms with van der Waals surface area (Å²) in [7, 11) is 0. The van der Waals surface area contributed by atoms with E-state index >= 15 is 0 Å². The number of hydrogen-bond donors (Lipinski definition) is 2. The maximum absolute atomic E-state index is 9.01. The number of nitrogens with two attached hydrogens (primary N) is 1. The SMILES string of the molecule is CCCCCSc1nnc(CC)c(CC)c1C(N)=NO. The molecule has 0 aliphatic rings. The van der Waals surface area contributed by atoms with Gasteiger partial charge in [-0.3, -0.25) is 0 Å². The fourth-order valence-corrected chi connectivity index (χ4v) is 3.10. The lowest BCUT2D eigenvalue weighted by Gasteiger charge is -2.13. The smallest absolute Gasteiger partial charge is 0.173 e. The van der Waals surface area contributed by atoms with Crippen molar-refractivity contribution in [3.05, 3.63) is 16.8 Å². The molecule has 1 aromatic heterocycles. The number of aryl methyl sites for hydroxylation is 1. The molecule has 0 saturated carbocycles. The first-order valence-electron chi connectivity index (χ1n) is 7.18. The van der Waals surface area contributed by atoms with E-state index in [0.29, 0.717) is 0 Å². The van der Waals surface area contributed by atoms with Crippen molar-refractivity contribution in [3.8, 4) is 0 Å². The van der Waals surface area contributed by atoms with Crippen molar-refractivity contribution >= 4 is 17.6 Å². The Bertz CT molecular complexity index is 463. The van der Waals surface area contributed by atoms with Crippen LogP contribution in [0.5, 0.6) is 0 Å². The van der Waals surface area contributed by atoms with Gasteiger partial charge in [-0.05, 0) is 30.6 Å². The summed E-state index contributed by atoms with van der Waals surface area (Å²) in [4.78, 5) is 0. The Kier molecular flexibility index (Phi) is 7.36. The van der Waals surface area contributed by atoms with Gasteiger partial charge in [-0.25, -0.2) is 0 Å². The molecule has 0 aliphatic heterocycles. The van der Waals surface area contributed by atoms with Crippen LogP contribution in [0.15, 0.2) is 10.2 Å². The second-order valence-corrected chi connectivity index (χ2v) is 5.64. The molecule has 0 atom stereocenters. The third kappa shape index (κ3) is 4.10. The molecule has 0 amide bonds. The molecule has 0 aromatic carbocycles. The van der Waals surface area contributed by atoms with Crippen molar-refractivity contribution in [2.75, 3.05) is 5.75 Å². The van der Waals surface area contributed by atoms with E-state index in [-0.39, 0.29) is 5.84 Å². The molecule has 1 rings (SSSR count). The standard InChI is InChI=1S/C14H24N4OS/c1-4-7-8-9-20-14-12(13(15)18-19)10(5-2)11(6-3)16-17-14/h19H,4-9H2,1-3H3,(H2,15,18). The maximum Gasteiger partial charge on any atom is 0.173 e. The van der Waals surface area contributed by atoms with E-state index in [4.69, 9.17) is 10.9 Å². The van der Waals surface area contributed by atoms with Crippen LogP contribution in [-0.4, -0.2) is 27.0 Å². The van der Waals surface area contributed by atoms with Crippen LogP contribution in [0.2, 0.25) is 0 Å². The van der Waals surface area contributed by atoms with E-state index in [9.17, 15) is 0 Å². The summed E-state index contributed by atoms with van der Waals surface area (Å²) in [6, 6.07) is 0. The number of oxime groups is 1. The van der Waals surface area contributed by atoms with Gasteiger partial charge in [0.05, 0.1) is 11.3 Å². The zero-order valence-corrected chi connectivity index (χ0v) is 13.3. The van der Waals surface area contributed by atoms with Gasteiger partial charge in [-0.15, -0.1) is 16.9 Å². The highest BCUT2D eigenvalue weighted by molar-refractivity contribution is 7.99. The summed E-state index contributed by atoms with van der Waals surface area (Å²) in [5, 5.41) is 21.5. The van der Waals surface area contributed by atoms with E-state index < -0.39 is 0 Å². The molecule has 0 spiro atoms. The van der Waals surface area contributed by atoms with Gasteiger partial charge in [0, 0.05) is 0 Å². The number of amidine groups is 1. The first-order valence-corrected chi connectivity index (χ1v) is 8.17. The van der Waals surface area contributed by atoms with Crippen LogP contribution in [0.3, 0.4) is 0 Å². The predicted molar refractivity (Wildman–Crippen MR) is 83.5 cm³/mol. The average Bonchev–Trinajstić information content (AvgIpc) is 2.49. The van der Waals surface area contributed by atoms with Crippen LogP contribution in [-0.2, 0) is 12.8 Å². The zero-order chi connectivity index (χ0) is 15.0. The number of hydrogen-bond acceptors (Lipinski definition) is 5.